The second-order valence-corrected chi connectivity index (χ2v) is 4.47. The number of rotatable bonds is 5. The van der Waals surface area contributed by atoms with Gasteiger partial charge in [0.1, 0.15) is 0 Å². The van der Waals surface area contributed by atoms with E-state index in [0.717, 1.165) is 12.1 Å². The number of aryl methyl sites for hydroxylation is 1. The van der Waals surface area contributed by atoms with Crippen LogP contribution in [0, 0.1) is 0 Å². The smallest absolute Gasteiger partial charge is 0.346 e. The fourth-order valence-corrected chi connectivity index (χ4v) is 2.11. The summed E-state index contributed by atoms with van der Waals surface area (Å²) in [5.41, 5.74) is 0.151. The van der Waals surface area contributed by atoms with Gasteiger partial charge in [0.2, 0.25) is 6.29 Å². The van der Waals surface area contributed by atoms with E-state index < -0.39 is 18.0 Å². The Bertz CT molecular complexity index is 616. The summed E-state index contributed by atoms with van der Waals surface area (Å²) in [5.74, 6) is 0.452. The van der Waals surface area contributed by atoms with E-state index in [4.69, 9.17) is 9.47 Å². The summed E-state index contributed by atoms with van der Waals surface area (Å²) in [4.78, 5) is 4.24. The molecule has 0 saturated carbocycles. The Morgan fingerprint density at radius 2 is 1.81 bits per heavy atom. The Morgan fingerprint density at radius 3 is 2.33 bits per heavy atom. The van der Waals surface area contributed by atoms with Crippen LogP contribution in [0.1, 0.15) is 31.5 Å². The van der Waals surface area contributed by atoms with Crippen molar-refractivity contribution in [3.63, 3.8) is 0 Å². The van der Waals surface area contributed by atoms with E-state index in [1.165, 1.54) is 6.07 Å². The molecule has 0 aliphatic carbocycles. The second kappa shape index (κ2) is 6.03. The van der Waals surface area contributed by atoms with Crippen molar-refractivity contribution in [1.29, 1.82) is 0 Å². The molecule has 21 heavy (non-hydrogen) atoms. The van der Waals surface area contributed by atoms with Gasteiger partial charge in [-0.15, -0.1) is 0 Å². The quantitative estimate of drug-likeness (QED) is 0.791. The topological polar surface area (TPSA) is 36.3 Å². The number of hydrogen-bond acceptors (Lipinski definition) is 3. The van der Waals surface area contributed by atoms with E-state index in [2.05, 4.69) is 4.98 Å². The third-order valence-electron chi connectivity index (χ3n) is 3.09. The largest absolute Gasteiger partial charge is 0.416 e. The van der Waals surface area contributed by atoms with Crippen LogP contribution in [-0.4, -0.2) is 22.8 Å². The van der Waals surface area contributed by atoms with E-state index in [-0.39, 0.29) is 5.52 Å². The molecule has 0 aliphatic heterocycles. The van der Waals surface area contributed by atoms with E-state index >= 15 is 0 Å². The minimum absolute atomic E-state index is 0.270. The molecule has 7 heteroatoms. The summed E-state index contributed by atoms with van der Waals surface area (Å²) in [5, 5.41) is 0. The van der Waals surface area contributed by atoms with Gasteiger partial charge in [-0.1, -0.05) is 0 Å². The molecule has 1 aromatic carbocycles. The van der Waals surface area contributed by atoms with Crippen molar-refractivity contribution < 1.29 is 22.6 Å². The first-order chi connectivity index (χ1) is 9.88. The summed E-state index contributed by atoms with van der Waals surface area (Å²) >= 11 is 0. The molecule has 116 valence electrons. The van der Waals surface area contributed by atoms with Gasteiger partial charge in [0.25, 0.3) is 0 Å². The number of benzene rings is 1. The van der Waals surface area contributed by atoms with Crippen LogP contribution < -0.4 is 0 Å². The number of hydrogen-bond donors (Lipinski definition) is 0. The van der Waals surface area contributed by atoms with Gasteiger partial charge in [-0.05, 0) is 32.0 Å². The number of alkyl halides is 3. The number of halogens is 3. The molecule has 0 fully saturated rings. The van der Waals surface area contributed by atoms with Crippen LogP contribution in [-0.2, 0) is 22.7 Å². The Balaban J connectivity index is 2.48. The van der Waals surface area contributed by atoms with Crippen LogP contribution >= 0.6 is 0 Å². The average Bonchev–Trinajstić information content (AvgIpc) is 2.74. The zero-order valence-electron chi connectivity index (χ0n) is 12.1. The van der Waals surface area contributed by atoms with Crippen molar-refractivity contribution in [3.8, 4) is 0 Å². The van der Waals surface area contributed by atoms with Gasteiger partial charge in [0.15, 0.2) is 5.82 Å². The molecule has 0 amide bonds. The predicted octanol–water partition coefficient (Wildman–Crippen LogP) is 3.66. The van der Waals surface area contributed by atoms with Crippen molar-refractivity contribution in [3.05, 3.63) is 29.6 Å². The lowest BCUT2D eigenvalue weighted by Crippen LogP contribution is -2.13. The maximum atomic E-state index is 12.7. The summed E-state index contributed by atoms with van der Waals surface area (Å²) in [6.45, 7) is 4.47. The minimum atomic E-state index is -4.38. The minimum Gasteiger partial charge on any atom is -0.346 e. The van der Waals surface area contributed by atoms with Gasteiger partial charge in [0.05, 0.1) is 16.6 Å². The maximum Gasteiger partial charge on any atom is 0.416 e. The molecule has 1 heterocycles. The third-order valence-corrected chi connectivity index (χ3v) is 3.09. The monoisotopic (exact) mass is 302 g/mol. The lowest BCUT2D eigenvalue weighted by molar-refractivity contribution is -0.146. The van der Waals surface area contributed by atoms with Crippen molar-refractivity contribution in [2.45, 2.75) is 26.3 Å². The van der Waals surface area contributed by atoms with E-state index in [1.807, 2.05) is 13.8 Å². The van der Waals surface area contributed by atoms with Crippen molar-refractivity contribution in [1.82, 2.24) is 9.55 Å². The molecule has 0 radical (unpaired) electrons. The van der Waals surface area contributed by atoms with Crippen molar-refractivity contribution in [2.75, 3.05) is 13.2 Å². The Hall–Kier alpha value is -1.60. The Kier molecular flexibility index (Phi) is 4.53. The number of fused-ring (bicyclic) bond motifs is 1. The average molecular weight is 302 g/mol. The molecule has 0 aliphatic rings. The molecule has 2 rings (SSSR count). The molecule has 0 unspecified atom stereocenters. The standard InChI is InChI=1S/C14H17F3N2O2/c1-4-20-13(21-5-2)12-18-10-8-9(14(15,16)17)6-7-11(10)19(12)3/h6-8,13H,4-5H2,1-3H3. The lowest BCUT2D eigenvalue weighted by atomic mass is 10.2. The highest BCUT2D eigenvalue weighted by Gasteiger charge is 2.31. The summed E-state index contributed by atoms with van der Waals surface area (Å²) in [6.07, 6.45) is -5.07. The lowest BCUT2D eigenvalue weighted by Gasteiger charge is -2.16. The first-order valence-corrected chi connectivity index (χ1v) is 6.65. The van der Waals surface area contributed by atoms with Gasteiger partial charge < -0.3 is 14.0 Å². The van der Waals surface area contributed by atoms with E-state index in [1.54, 1.807) is 11.6 Å². The second-order valence-electron chi connectivity index (χ2n) is 4.47. The number of ether oxygens (including phenoxy) is 2. The van der Waals surface area contributed by atoms with Crippen LogP contribution in [0.2, 0.25) is 0 Å². The van der Waals surface area contributed by atoms with E-state index in [0.29, 0.717) is 24.6 Å². The number of aromatic nitrogens is 2. The molecular weight excluding hydrogens is 285 g/mol. The molecule has 0 atom stereocenters. The van der Waals surface area contributed by atoms with Gasteiger partial charge in [0, 0.05) is 20.3 Å². The van der Waals surface area contributed by atoms with Crippen molar-refractivity contribution >= 4 is 11.0 Å². The van der Waals surface area contributed by atoms with Gasteiger partial charge in [-0.25, -0.2) is 4.98 Å². The van der Waals surface area contributed by atoms with Crippen molar-refractivity contribution in [2.24, 2.45) is 7.05 Å². The van der Waals surface area contributed by atoms with Crippen LogP contribution in [0.5, 0.6) is 0 Å². The van der Waals surface area contributed by atoms with Gasteiger partial charge in [-0.3, -0.25) is 0 Å². The zero-order chi connectivity index (χ0) is 15.6. The zero-order valence-corrected chi connectivity index (χ0v) is 12.1. The molecule has 0 spiro atoms. The van der Waals surface area contributed by atoms with Crippen LogP contribution in [0.25, 0.3) is 11.0 Å². The fraction of sp³-hybridized carbons (Fsp3) is 0.500. The maximum absolute atomic E-state index is 12.7. The fourth-order valence-electron chi connectivity index (χ4n) is 2.11. The predicted molar refractivity (Wildman–Crippen MR) is 71.7 cm³/mol. The van der Waals surface area contributed by atoms with Crippen LogP contribution in [0.3, 0.4) is 0 Å². The highest BCUT2D eigenvalue weighted by molar-refractivity contribution is 5.77. The molecule has 4 nitrogen and oxygen atoms in total. The highest BCUT2D eigenvalue weighted by Crippen LogP contribution is 2.32. The Morgan fingerprint density at radius 1 is 1.19 bits per heavy atom. The summed E-state index contributed by atoms with van der Waals surface area (Å²) < 4.78 is 50.8. The molecule has 2 aromatic rings. The molecule has 0 saturated heterocycles. The first kappa shape index (κ1) is 15.8. The van der Waals surface area contributed by atoms with Crippen LogP contribution in [0.4, 0.5) is 13.2 Å². The molecule has 0 N–H and O–H groups in total. The van der Waals surface area contributed by atoms with Gasteiger partial charge in [-0.2, -0.15) is 13.2 Å². The Labute approximate surface area is 120 Å². The molecular formula is C14H17F3N2O2. The SMILES string of the molecule is CCOC(OCC)c1nc2cc(C(F)(F)F)ccc2n1C. The third kappa shape index (κ3) is 3.19. The highest BCUT2D eigenvalue weighted by atomic mass is 19.4. The summed E-state index contributed by atoms with van der Waals surface area (Å²) in [6, 6.07) is 3.49. The molecule has 0 bridgehead atoms. The molecule has 1 aromatic heterocycles. The number of imidazole rings is 1. The van der Waals surface area contributed by atoms with Crippen LogP contribution in [0.15, 0.2) is 18.2 Å². The first-order valence-electron chi connectivity index (χ1n) is 6.65. The van der Waals surface area contributed by atoms with Gasteiger partial charge >= 0.3 is 6.18 Å². The van der Waals surface area contributed by atoms with E-state index in [9.17, 15) is 13.2 Å². The normalized spacial score (nSPS) is 12.5. The summed E-state index contributed by atoms with van der Waals surface area (Å²) in [7, 11) is 1.73. The number of nitrogens with zero attached hydrogens (tertiary/aromatic N) is 2.